The van der Waals surface area contributed by atoms with Crippen LogP contribution in [0, 0.1) is 0 Å². The number of methoxy groups -OCH3 is 2. The van der Waals surface area contributed by atoms with Gasteiger partial charge in [0.25, 0.3) is 0 Å². The molecule has 2 rings (SSSR count). The van der Waals surface area contributed by atoms with E-state index >= 15 is 0 Å². The van der Waals surface area contributed by atoms with Gasteiger partial charge in [0.15, 0.2) is 0 Å². The van der Waals surface area contributed by atoms with Crippen LogP contribution in [0.1, 0.15) is 37.8 Å². The summed E-state index contributed by atoms with van der Waals surface area (Å²) in [6, 6.07) is 16.3. The van der Waals surface area contributed by atoms with Crippen molar-refractivity contribution in [1.82, 2.24) is 0 Å². The molecule has 0 saturated carbocycles. The molecular weight excluding hydrogens is 336 g/mol. The minimum atomic E-state index is 0.602. The standard InChI is InChI=1S/C24H30O3/c1-5-19(21-7-11-23(25-3)12-8-21)15-17-27-18-16-20(6-2)22-9-13-24(26-4)14-10-22/h7-16H,5-6,17-18H2,1-4H3. The van der Waals surface area contributed by atoms with Crippen molar-refractivity contribution in [3.05, 3.63) is 71.8 Å². The van der Waals surface area contributed by atoms with Gasteiger partial charge >= 0.3 is 0 Å². The highest BCUT2D eigenvalue weighted by Crippen LogP contribution is 2.22. The number of allylic oxidation sites excluding steroid dienone is 2. The summed E-state index contributed by atoms with van der Waals surface area (Å²) in [5, 5.41) is 0. The molecule has 0 aliphatic rings. The van der Waals surface area contributed by atoms with E-state index in [9.17, 15) is 0 Å². The molecule has 144 valence electrons. The largest absolute Gasteiger partial charge is 0.497 e. The molecular formula is C24H30O3. The third-order valence-corrected chi connectivity index (χ3v) is 4.58. The number of hydrogen-bond donors (Lipinski definition) is 0. The maximum absolute atomic E-state index is 5.83. The molecule has 2 aromatic rings. The maximum Gasteiger partial charge on any atom is 0.118 e. The zero-order valence-corrected chi connectivity index (χ0v) is 16.8. The molecule has 0 spiro atoms. The van der Waals surface area contributed by atoms with Gasteiger partial charge in [0, 0.05) is 0 Å². The first-order valence-electron chi connectivity index (χ1n) is 9.46. The molecule has 0 aliphatic heterocycles. The van der Waals surface area contributed by atoms with Crippen LogP contribution in [0.15, 0.2) is 60.7 Å². The average molecular weight is 367 g/mol. The fourth-order valence-corrected chi connectivity index (χ4v) is 2.93. The van der Waals surface area contributed by atoms with Gasteiger partial charge in [-0.05, 0) is 59.4 Å². The van der Waals surface area contributed by atoms with E-state index in [2.05, 4.69) is 50.3 Å². The molecule has 0 amide bonds. The van der Waals surface area contributed by atoms with E-state index < -0.39 is 0 Å². The Morgan fingerprint density at radius 1 is 0.667 bits per heavy atom. The van der Waals surface area contributed by atoms with Crippen LogP contribution < -0.4 is 9.47 Å². The van der Waals surface area contributed by atoms with Crippen LogP contribution in [-0.2, 0) is 4.74 Å². The van der Waals surface area contributed by atoms with Crippen molar-refractivity contribution in [2.75, 3.05) is 27.4 Å². The summed E-state index contributed by atoms with van der Waals surface area (Å²) in [5.74, 6) is 1.75. The van der Waals surface area contributed by atoms with Gasteiger partial charge in [-0.1, -0.05) is 50.3 Å². The van der Waals surface area contributed by atoms with Crippen LogP contribution in [0.25, 0.3) is 11.1 Å². The van der Waals surface area contributed by atoms with Crippen molar-refractivity contribution in [3.8, 4) is 11.5 Å². The number of rotatable bonds is 10. The van der Waals surface area contributed by atoms with E-state index in [1.54, 1.807) is 14.2 Å². The van der Waals surface area contributed by atoms with E-state index in [-0.39, 0.29) is 0 Å². The topological polar surface area (TPSA) is 27.7 Å². The van der Waals surface area contributed by atoms with Crippen LogP contribution in [-0.4, -0.2) is 27.4 Å². The van der Waals surface area contributed by atoms with Crippen molar-refractivity contribution in [1.29, 1.82) is 0 Å². The van der Waals surface area contributed by atoms with Crippen LogP contribution in [0.3, 0.4) is 0 Å². The number of benzene rings is 2. The Hall–Kier alpha value is -2.52. The lowest BCUT2D eigenvalue weighted by molar-refractivity contribution is 0.194. The molecule has 0 saturated heterocycles. The average Bonchev–Trinajstić information content (AvgIpc) is 2.74. The minimum absolute atomic E-state index is 0.602. The zero-order chi connectivity index (χ0) is 19.5. The Bertz CT molecular complexity index is 675. The van der Waals surface area contributed by atoms with Gasteiger partial charge < -0.3 is 14.2 Å². The van der Waals surface area contributed by atoms with Crippen molar-refractivity contribution < 1.29 is 14.2 Å². The first-order valence-corrected chi connectivity index (χ1v) is 9.46. The van der Waals surface area contributed by atoms with Crippen LogP contribution in [0.2, 0.25) is 0 Å². The molecule has 0 N–H and O–H groups in total. The van der Waals surface area contributed by atoms with Gasteiger partial charge in [-0.3, -0.25) is 0 Å². The van der Waals surface area contributed by atoms with E-state index in [0.29, 0.717) is 13.2 Å². The van der Waals surface area contributed by atoms with Crippen molar-refractivity contribution >= 4 is 11.1 Å². The fourth-order valence-electron chi connectivity index (χ4n) is 2.93. The van der Waals surface area contributed by atoms with Crippen molar-refractivity contribution in [3.63, 3.8) is 0 Å². The highest BCUT2D eigenvalue weighted by molar-refractivity contribution is 5.66. The lowest BCUT2D eigenvalue weighted by Gasteiger charge is -2.08. The molecule has 0 bridgehead atoms. The summed E-state index contributed by atoms with van der Waals surface area (Å²) in [6.45, 7) is 5.53. The second kappa shape index (κ2) is 11.2. The van der Waals surface area contributed by atoms with Gasteiger partial charge in [-0.2, -0.15) is 0 Å². The lowest BCUT2D eigenvalue weighted by Crippen LogP contribution is -1.95. The van der Waals surface area contributed by atoms with Gasteiger partial charge in [0.2, 0.25) is 0 Å². The summed E-state index contributed by atoms with van der Waals surface area (Å²) in [4.78, 5) is 0. The predicted octanol–water partition coefficient (Wildman–Crippen LogP) is 6.01. The van der Waals surface area contributed by atoms with Crippen molar-refractivity contribution in [2.24, 2.45) is 0 Å². The molecule has 3 nitrogen and oxygen atoms in total. The highest BCUT2D eigenvalue weighted by atomic mass is 16.5. The van der Waals surface area contributed by atoms with Gasteiger partial charge in [0.1, 0.15) is 11.5 Å². The smallest absolute Gasteiger partial charge is 0.118 e. The second-order valence-corrected chi connectivity index (χ2v) is 6.16. The van der Waals surface area contributed by atoms with Crippen LogP contribution in [0.4, 0.5) is 0 Å². The first kappa shape index (κ1) is 20.8. The van der Waals surface area contributed by atoms with E-state index in [1.165, 1.54) is 22.3 Å². The summed E-state index contributed by atoms with van der Waals surface area (Å²) < 4.78 is 16.3. The van der Waals surface area contributed by atoms with Crippen LogP contribution >= 0.6 is 0 Å². The molecule has 0 aromatic heterocycles. The summed E-state index contributed by atoms with van der Waals surface area (Å²) in [5.41, 5.74) is 5.00. The van der Waals surface area contributed by atoms with Crippen LogP contribution in [0.5, 0.6) is 11.5 Å². The molecule has 0 unspecified atom stereocenters. The monoisotopic (exact) mass is 366 g/mol. The normalized spacial score (nSPS) is 12.1. The maximum atomic E-state index is 5.83. The molecule has 0 fully saturated rings. The Morgan fingerprint density at radius 2 is 1.04 bits per heavy atom. The zero-order valence-electron chi connectivity index (χ0n) is 16.8. The molecule has 0 aliphatic carbocycles. The Labute approximate surface area is 163 Å². The van der Waals surface area contributed by atoms with Gasteiger partial charge in [-0.15, -0.1) is 0 Å². The summed E-state index contributed by atoms with van der Waals surface area (Å²) in [6.07, 6.45) is 6.26. The van der Waals surface area contributed by atoms with Gasteiger partial charge in [0.05, 0.1) is 27.4 Å². The highest BCUT2D eigenvalue weighted by Gasteiger charge is 2.01. The molecule has 0 atom stereocenters. The van der Waals surface area contributed by atoms with Gasteiger partial charge in [-0.25, -0.2) is 0 Å². The molecule has 0 heterocycles. The quantitative estimate of drug-likeness (QED) is 0.482. The van der Waals surface area contributed by atoms with E-state index in [1.807, 2.05) is 24.3 Å². The third kappa shape index (κ3) is 6.30. The minimum Gasteiger partial charge on any atom is -0.497 e. The Morgan fingerprint density at radius 3 is 1.33 bits per heavy atom. The second-order valence-electron chi connectivity index (χ2n) is 6.16. The summed E-state index contributed by atoms with van der Waals surface area (Å²) in [7, 11) is 3.37. The molecule has 3 heteroatoms. The molecule has 2 aromatic carbocycles. The summed E-state index contributed by atoms with van der Waals surface area (Å²) >= 11 is 0. The molecule has 27 heavy (non-hydrogen) atoms. The SMILES string of the molecule is CCC(=CCOCC=C(CC)c1ccc(OC)cc1)c1ccc(OC)cc1. The van der Waals surface area contributed by atoms with Crippen molar-refractivity contribution in [2.45, 2.75) is 26.7 Å². The fraction of sp³-hybridized carbons (Fsp3) is 0.333. The van der Waals surface area contributed by atoms with E-state index in [0.717, 1.165) is 24.3 Å². The number of ether oxygens (including phenoxy) is 3. The Kier molecular flexibility index (Phi) is 8.66. The Balaban J connectivity index is 1.92. The first-order chi connectivity index (χ1) is 13.2. The predicted molar refractivity (Wildman–Crippen MR) is 113 cm³/mol. The number of hydrogen-bond acceptors (Lipinski definition) is 3. The molecule has 0 radical (unpaired) electrons. The third-order valence-electron chi connectivity index (χ3n) is 4.58. The van der Waals surface area contributed by atoms with E-state index in [4.69, 9.17) is 14.2 Å². The lowest BCUT2D eigenvalue weighted by atomic mass is 10.0.